The SMILES string of the molecule is CCN1CCOC(CNC(=O)CNC)C1. The summed E-state index contributed by atoms with van der Waals surface area (Å²) >= 11 is 0. The lowest BCUT2D eigenvalue weighted by atomic mass is 10.2. The molecule has 0 aliphatic carbocycles. The van der Waals surface area contributed by atoms with Crippen LogP contribution in [0.15, 0.2) is 0 Å². The minimum absolute atomic E-state index is 0.0229. The summed E-state index contributed by atoms with van der Waals surface area (Å²) in [6.07, 6.45) is 0.138. The van der Waals surface area contributed by atoms with Crippen LogP contribution < -0.4 is 10.6 Å². The lowest BCUT2D eigenvalue weighted by Gasteiger charge is -2.32. The van der Waals surface area contributed by atoms with Crippen LogP contribution in [-0.4, -0.2) is 63.3 Å². The van der Waals surface area contributed by atoms with Crippen LogP contribution >= 0.6 is 0 Å². The maximum absolute atomic E-state index is 11.2. The fourth-order valence-electron chi connectivity index (χ4n) is 1.64. The Morgan fingerprint density at radius 2 is 2.40 bits per heavy atom. The van der Waals surface area contributed by atoms with E-state index < -0.39 is 0 Å². The van der Waals surface area contributed by atoms with E-state index in [2.05, 4.69) is 22.5 Å². The summed E-state index contributed by atoms with van der Waals surface area (Å²) < 4.78 is 5.56. The highest BCUT2D eigenvalue weighted by Gasteiger charge is 2.19. The third-order valence-electron chi connectivity index (χ3n) is 2.53. The lowest BCUT2D eigenvalue weighted by molar-refractivity contribution is -0.121. The standard InChI is InChI=1S/C10H21N3O2/c1-3-13-4-5-15-9(8-13)6-12-10(14)7-11-2/h9,11H,3-8H2,1-2H3,(H,12,14). The number of nitrogens with one attached hydrogen (secondary N) is 2. The van der Waals surface area contributed by atoms with Crippen molar-refractivity contribution in [3.05, 3.63) is 0 Å². The lowest BCUT2D eigenvalue weighted by Crippen LogP contribution is -2.48. The molecule has 1 atom stereocenters. The van der Waals surface area contributed by atoms with E-state index in [1.165, 1.54) is 0 Å². The van der Waals surface area contributed by atoms with Crippen molar-refractivity contribution < 1.29 is 9.53 Å². The molecule has 1 fully saturated rings. The van der Waals surface area contributed by atoms with E-state index in [0.29, 0.717) is 13.1 Å². The zero-order chi connectivity index (χ0) is 11.1. The first kappa shape index (κ1) is 12.4. The van der Waals surface area contributed by atoms with E-state index in [1.54, 1.807) is 7.05 Å². The summed E-state index contributed by atoms with van der Waals surface area (Å²) in [6.45, 7) is 6.84. The Hall–Kier alpha value is -0.650. The van der Waals surface area contributed by atoms with Crippen molar-refractivity contribution in [2.24, 2.45) is 0 Å². The molecule has 88 valence electrons. The molecule has 1 amide bonds. The number of carbonyl (C=O) groups is 1. The predicted molar refractivity (Wildman–Crippen MR) is 58.8 cm³/mol. The van der Waals surface area contributed by atoms with Gasteiger partial charge in [0.25, 0.3) is 0 Å². The number of amides is 1. The molecule has 0 aromatic heterocycles. The molecule has 1 aliphatic heterocycles. The molecule has 2 N–H and O–H groups in total. The molecule has 0 saturated carbocycles. The highest BCUT2D eigenvalue weighted by molar-refractivity contribution is 5.77. The first-order chi connectivity index (χ1) is 7.26. The maximum Gasteiger partial charge on any atom is 0.234 e. The van der Waals surface area contributed by atoms with Gasteiger partial charge >= 0.3 is 0 Å². The van der Waals surface area contributed by atoms with Gasteiger partial charge < -0.3 is 15.4 Å². The Labute approximate surface area is 91.2 Å². The van der Waals surface area contributed by atoms with E-state index in [9.17, 15) is 4.79 Å². The molecule has 0 aromatic rings. The molecule has 5 nitrogen and oxygen atoms in total. The fourth-order valence-corrected chi connectivity index (χ4v) is 1.64. The largest absolute Gasteiger partial charge is 0.374 e. The van der Waals surface area contributed by atoms with Gasteiger partial charge in [-0.2, -0.15) is 0 Å². The van der Waals surface area contributed by atoms with Gasteiger partial charge in [0.05, 0.1) is 19.3 Å². The Bertz CT molecular complexity index is 199. The zero-order valence-electron chi connectivity index (χ0n) is 9.58. The van der Waals surface area contributed by atoms with Gasteiger partial charge in [-0.25, -0.2) is 0 Å². The molecule has 1 saturated heterocycles. The van der Waals surface area contributed by atoms with Crippen LogP contribution in [0, 0.1) is 0 Å². The normalized spacial score (nSPS) is 22.7. The molecule has 1 aliphatic rings. The molecule has 0 bridgehead atoms. The van der Waals surface area contributed by atoms with Crippen LogP contribution in [0.1, 0.15) is 6.92 Å². The Morgan fingerprint density at radius 1 is 1.60 bits per heavy atom. The Balaban J connectivity index is 2.17. The number of likely N-dealkylation sites (N-methyl/N-ethyl adjacent to an activating group) is 2. The van der Waals surface area contributed by atoms with E-state index in [0.717, 1.165) is 26.2 Å². The number of morpholine rings is 1. The molecule has 1 rings (SSSR count). The number of ether oxygens (including phenoxy) is 1. The second-order valence-electron chi connectivity index (χ2n) is 3.72. The summed E-state index contributed by atoms with van der Waals surface area (Å²) in [6, 6.07) is 0. The van der Waals surface area contributed by atoms with Crippen LogP contribution in [-0.2, 0) is 9.53 Å². The number of hydrogen-bond acceptors (Lipinski definition) is 4. The molecule has 15 heavy (non-hydrogen) atoms. The van der Waals surface area contributed by atoms with Gasteiger partial charge in [0.1, 0.15) is 0 Å². The van der Waals surface area contributed by atoms with Crippen LogP contribution in [0.25, 0.3) is 0 Å². The smallest absolute Gasteiger partial charge is 0.234 e. The van der Waals surface area contributed by atoms with Gasteiger partial charge in [-0.15, -0.1) is 0 Å². The summed E-state index contributed by atoms with van der Waals surface area (Å²) in [7, 11) is 1.76. The topological polar surface area (TPSA) is 53.6 Å². The van der Waals surface area contributed by atoms with Crippen molar-refractivity contribution >= 4 is 5.91 Å². The van der Waals surface area contributed by atoms with Crippen LogP contribution in [0.5, 0.6) is 0 Å². The summed E-state index contributed by atoms with van der Waals surface area (Å²) in [5.41, 5.74) is 0. The molecular formula is C10H21N3O2. The zero-order valence-corrected chi connectivity index (χ0v) is 9.58. The molecule has 0 aromatic carbocycles. The molecule has 5 heteroatoms. The van der Waals surface area contributed by atoms with E-state index >= 15 is 0 Å². The van der Waals surface area contributed by atoms with Gasteiger partial charge in [0.2, 0.25) is 5.91 Å². The summed E-state index contributed by atoms with van der Waals surface area (Å²) in [4.78, 5) is 13.5. The van der Waals surface area contributed by atoms with Crippen molar-refractivity contribution in [3.63, 3.8) is 0 Å². The van der Waals surface area contributed by atoms with Gasteiger partial charge in [0.15, 0.2) is 0 Å². The molecular weight excluding hydrogens is 194 g/mol. The second kappa shape index (κ2) is 6.76. The third kappa shape index (κ3) is 4.59. The average molecular weight is 215 g/mol. The second-order valence-corrected chi connectivity index (χ2v) is 3.72. The maximum atomic E-state index is 11.2. The highest BCUT2D eigenvalue weighted by Crippen LogP contribution is 2.03. The molecule has 0 spiro atoms. The Kier molecular flexibility index (Phi) is 5.60. The Morgan fingerprint density at radius 3 is 3.07 bits per heavy atom. The van der Waals surface area contributed by atoms with Crippen molar-refractivity contribution in [1.82, 2.24) is 15.5 Å². The van der Waals surface area contributed by atoms with Crippen LogP contribution in [0.3, 0.4) is 0 Å². The third-order valence-corrected chi connectivity index (χ3v) is 2.53. The number of rotatable bonds is 5. The average Bonchev–Trinajstić information content (AvgIpc) is 2.27. The number of nitrogens with zero attached hydrogens (tertiary/aromatic N) is 1. The summed E-state index contributed by atoms with van der Waals surface area (Å²) in [5.74, 6) is 0.0229. The van der Waals surface area contributed by atoms with Crippen molar-refractivity contribution in [1.29, 1.82) is 0 Å². The van der Waals surface area contributed by atoms with Gasteiger partial charge in [0, 0.05) is 19.6 Å². The van der Waals surface area contributed by atoms with E-state index in [4.69, 9.17) is 4.74 Å². The van der Waals surface area contributed by atoms with Crippen molar-refractivity contribution in [2.45, 2.75) is 13.0 Å². The molecule has 1 unspecified atom stereocenters. The van der Waals surface area contributed by atoms with Crippen molar-refractivity contribution in [3.8, 4) is 0 Å². The first-order valence-electron chi connectivity index (χ1n) is 5.51. The monoisotopic (exact) mass is 215 g/mol. The molecule has 0 radical (unpaired) electrons. The van der Waals surface area contributed by atoms with Gasteiger partial charge in [-0.3, -0.25) is 9.69 Å². The minimum Gasteiger partial charge on any atom is -0.374 e. The highest BCUT2D eigenvalue weighted by atomic mass is 16.5. The van der Waals surface area contributed by atoms with E-state index in [-0.39, 0.29) is 12.0 Å². The first-order valence-corrected chi connectivity index (χ1v) is 5.51. The quantitative estimate of drug-likeness (QED) is 0.620. The van der Waals surface area contributed by atoms with E-state index in [1.807, 2.05) is 0 Å². The molecule has 1 heterocycles. The van der Waals surface area contributed by atoms with Gasteiger partial charge in [-0.1, -0.05) is 6.92 Å². The van der Waals surface area contributed by atoms with Crippen LogP contribution in [0.2, 0.25) is 0 Å². The number of hydrogen-bond donors (Lipinski definition) is 2. The minimum atomic E-state index is 0.0229. The van der Waals surface area contributed by atoms with Crippen LogP contribution in [0.4, 0.5) is 0 Å². The number of carbonyl (C=O) groups excluding carboxylic acids is 1. The van der Waals surface area contributed by atoms with Crippen molar-refractivity contribution in [2.75, 3.05) is 46.4 Å². The summed E-state index contributed by atoms with van der Waals surface area (Å²) in [5, 5.41) is 5.66. The van der Waals surface area contributed by atoms with Gasteiger partial charge in [-0.05, 0) is 13.6 Å². The predicted octanol–water partition coefficient (Wildman–Crippen LogP) is -0.957. The fraction of sp³-hybridized carbons (Fsp3) is 0.900.